The highest BCUT2D eigenvalue weighted by Crippen LogP contribution is 2.46. The van der Waals surface area contributed by atoms with Crippen molar-refractivity contribution in [3.63, 3.8) is 0 Å². The highest BCUT2D eigenvalue weighted by atomic mass is 19.4. The molecule has 5 heterocycles. The first kappa shape index (κ1) is 30.3. The van der Waals surface area contributed by atoms with Gasteiger partial charge in [-0.3, -0.25) is 5.32 Å². The fraction of sp³-hybridized carbons (Fsp3) is 0.444. The number of aliphatic hydroxyl groups is 1. The third-order valence-electron chi connectivity index (χ3n) is 6.78. The second-order valence-electron chi connectivity index (χ2n) is 11.1. The zero-order valence-electron chi connectivity index (χ0n) is 23.0. The first-order valence-electron chi connectivity index (χ1n) is 13.1. The number of halogens is 6. The summed E-state index contributed by atoms with van der Waals surface area (Å²) >= 11 is 0. The lowest BCUT2D eigenvalue weighted by atomic mass is 9.97. The van der Waals surface area contributed by atoms with Crippen LogP contribution in [0.3, 0.4) is 0 Å². The van der Waals surface area contributed by atoms with Crippen molar-refractivity contribution in [3.8, 4) is 11.6 Å². The van der Waals surface area contributed by atoms with Crippen LogP contribution in [0.4, 0.5) is 42.6 Å². The monoisotopic (exact) mass is 612 g/mol. The van der Waals surface area contributed by atoms with Gasteiger partial charge in [0.2, 0.25) is 0 Å². The lowest BCUT2D eigenvalue weighted by Gasteiger charge is -2.29. The Morgan fingerprint density at radius 2 is 1.88 bits per heavy atom. The summed E-state index contributed by atoms with van der Waals surface area (Å²) in [6, 6.07) is 3.71. The third kappa shape index (κ3) is 5.87. The Kier molecular flexibility index (Phi) is 7.39. The average Bonchev–Trinajstić information content (AvgIpc) is 3.56. The van der Waals surface area contributed by atoms with Crippen molar-refractivity contribution in [2.75, 3.05) is 16.8 Å². The number of carbonyl (C=O) groups is 1. The highest BCUT2D eigenvalue weighted by molar-refractivity contribution is 5.90. The van der Waals surface area contributed by atoms with Gasteiger partial charge in [-0.2, -0.15) is 26.3 Å². The van der Waals surface area contributed by atoms with E-state index in [1.807, 2.05) is 0 Å². The van der Waals surface area contributed by atoms with Crippen LogP contribution in [-0.4, -0.2) is 55.7 Å². The average molecular weight is 613 g/mol. The van der Waals surface area contributed by atoms with Gasteiger partial charge < -0.3 is 19.2 Å². The van der Waals surface area contributed by atoms with Crippen LogP contribution in [0, 0.1) is 0 Å². The van der Waals surface area contributed by atoms with Crippen LogP contribution in [0.25, 0.3) is 17.7 Å². The van der Waals surface area contributed by atoms with Crippen LogP contribution in [0.1, 0.15) is 62.9 Å². The number of nitrogens with one attached hydrogen (secondary N) is 1. The summed E-state index contributed by atoms with van der Waals surface area (Å²) in [4.78, 5) is 22.2. The van der Waals surface area contributed by atoms with Gasteiger partial charge in [0.15, 0.2) is 5.69 Å². The number of pyridine rings is 2. The Balaban J connectivity index is 1.78. The number of fused-ring (bicyclic) bond motifs is 9. The molecule has 0 aliphatic carbocycles. The van der Waals surface area contributed by atoms with Crippen LogP contribution < -0.4 is 10.2 Å². The lowest BCUT2D eigenvalue weighted by molar-refractivity contribution is -0.257. The van der Waals surface area contributed by atoms with Crippen LogP contribution in [-0.2, 0) is 16.5 Å². The van der Waals surface area contributed by atoms with E-state index in [2.05, 4.69) is 25.5 Å². The van der Waals surface area contributed by atoms with Crippen molar-refractivity contribution in [2.45, 2.75) is 69.6 Å². The van der Waals surface area contributed by atoms with E-state index >= 15 is 0 Å². The Labute approximate surface area is 240 Å². The van der Waals surface area contributed by atoms with E-state index in [0.717, 1.165) is 6.07 Å². The van der Waals surface area contributed by atoms with Crippen molar-refractivity contribution in [1.29, 1.82) is 0 Å². The lowest BCUT2D eigenvalue weighted by Crippen LogP contribution is -2.44. The molecule has 3 aromatic heterocycles. The molecular weight excluding hydrogens is 586 g/mol. The van der Waals surface area contributed by atoms with E-state index in [4.69, 9.17) is 9.15 Å². The third-order valence-corrected chi connectivity index (χ3v) is 6.78. The van der Waals surface area contributed by atoms with Gasteiger partial charge >= 0.3 is 18.4 Å². The molecule has 1 fully saturated rings. The molecule has 230 valence electrons. The number of hydrogen-bond donors (Lipinski definition) is 2. The van der Waals surface area contributed by atoms with Gasteiger partial charge in [-0.1, -0.05) is 12.1 Å². The van der Waals surface area contributed by atoms with Crippen molar-refractivity contribution >= 4 is 23.7 Å². The number of rotatable bonds is 1. The number of alkyl halides is 6. The van der Waals surface area contributed by atoms with Gasteiger partial charge in [0.05, 0.1) is 17.1 Å². The summed E-state index contributed by atoms with van der Waals surface area (Å²) in [5.74, 6) is -2.69. The minimum atomic E-state index is -5.42. The maximum absolute atomic E-state index is 14.4. The SMILES string of the molecule is CC(C)(C)OC(=O)Nc1cc(C(F)(F)F)c2nc1-c1nnc(o1)C(O)(C(F)(F)F)c1cccc(n1)C=CC[C@@H]1CCCN21. The molecule has 10 nitrogen and oxygen atoms in total. The number of anilines is 2. The maximum Gasteiger partial charge on any atom is 0.432 e. The molecule has 0 aromatic carbocycles. The Bertz CT molecular complexity index is 1560. The fourth-order valence-electron chi connectivity index (χ4n) is 4.90. The fourth-order valence-corrected chi connectivity index (χ4v) is 4.90. The predicted octanol–water partition coefficient (Wildman–Crippen LogP) is 6.08. The molecule has 0 radical (unpaired) electrons. The molecule has 1 unspecified atom stereocenters. The predicted molar refractivity (Wildman–Crippen MR) is 140 cm³/mol. The summed E-state index contributed by atoms with van der Waals surface area (Å²) in [5.41, 5.74) is -8.14. The summed E-state index contributed by atoms with van der Waals surface area (Å²) in [6.07, 6.45) is -7.28. The second-order valence-corrected chi connectivity index (χ2v) is 11.1. The first-order chi connectivity index (χ1) is 20.0. The van der Waals surface area contributed by atoms with E-state index in [0.29, 0.717) is 18.9 Å². The molecule has 2 N–H and O–H groups in total. The first-order valence-corrected chi connectivity index (χ1v) is 13.1. The van der Waals surface area contributed by atoms with Crippen LogP contribution in [0.2, 0.25) is 0 Å². The van der Waals surface area contributed by atoms with Gasteiger partial charge in [0.1, 0.15) is 17.0 Å². The molecule has 1 amide bonds. The van der Waals surface area contributed by atoms with Gasteiger partial charge in [0, 0.05) is 12.6 Å². The zero-order chi connectivity index (χ0) is 31.4. The quantitative estimate of drug-likeness (QED) is 0.315. The molecular formula is C27H26F6N6O4. The molecule has 43 heavy (non-hydrogen) atoms. The molecule has 3 aromatic rings. The number of aromatic nitrogens is 4. The smallest absolute Gasteiger partial charge is 0.432 e. The standard InChI is InChI=1S/C27H26F6N6O4/c1-24(2,3)43-23(40)35-17-13-16(26(28,29)30)20-36-19(17)21-37-38-22(42-21)25(41,27(31,32)33)18-11-5-8-14(34-18)7-4-9-15-10-6-12-39(15)20/h4-5,7-8,11,13,15,41H,6,9-10,12H2,1-3H3,(H,35,40)/t15-,25?/m1/s1. The molecule has 1 saturated heterocycles. The van der Waals surface area contributed by atoms with E-state index < -0.39 is 75.9 Å². The van der Waals surface area contributed by atoms with Crippen molar-refractivity contribution in [1.82, 2.24) is 20.2 Å². The van der Waals surface area contributed by atoms with Gasteiger partial charge in [-0.15, -0.1) is 10.2 Å². The summed E-state index contributed by atoms with van der Waals surface area (Å²) in [5, 5.41) is 20.2. The van der Waals surface area contributed by atoms with Crippen molar-refractivity contribution in [2.24, 2.45) is 0 Å². The minimum absolute atomic E-state index is 0.0536. The Morgan fingerprint density at radius 3 is 2.56 bits per heavy atom. The number of nitrogens with zero attached hydrogens (tertiary/aromatic N) is 5. The number of carbonyl (C=O) groups excluding carboxylic acids is 1. The molecule has 0 spiro atoms. The second kappa shape index (κ2) is 10.5. The highest BCUT2D eigenvalue weighted by Gasteiger charge is 2.61. The van der Waals surface area contributed by atoms with Gasteiger partial charge in [-0.25, -0.2) is 14.8 Å². The zero-order valence-corrected chi connectivity index (χ0v) is 23.0. The molecule has 2 atom stereocenters. The van der Waals surface area contributed by atoms with Crippen LogP contribution >= 0.6 is 0 Å². The van der Waals surface area contributed by atoms with Gasteiger partial charge in [-0.05, 0) is 64.3 Å². The van der Waals surface area contributed by atoms with Crippen LogP contribution in [0.15, 0.2) is 34.8 Å². The molecule has 2 aliphatic rings. The molecule has 0 saturated carbocycles. The van der Waals surface area contributed by atoms with Crippen molar-refractivity contribution < 1.29 is 45.4 Å². The Morgan fingerprint density at radius 1 is 1.14 bits per heavy atom. The van der Waals surface area contributed by atoms with E-state index in [-0.39, 0.29) is 18.7 Å². The largest absolute Gasteiger partial charge is 0.444 e. The molecule has 6 bridgehead atoms. The molecule has 16 heteroatoms. The topological polar surface area (TPSA) is 126 Å². The summed E-state index contributed by atoms with van der Waals surface area (Å²) < 4.78 is 97.1. The van der Waals surface area contributed by atoms with E-state index in [1.54, 1.807) is 6.08 Å². The normalized spacial score (nSPS) is 20.7. The number of ether oxygens (including phenoxy) is 1. The Hall–Kier alpha value is -4.21. The van der Waals surface area contributed by atoms with Crippen LogP contribution in [0.5, 0.6) is 0 Å². The van der Waals surface area contributed by atoms with Crippen molar-refractivity contribution in [3.05, 3.63) is 53.2 Å². The summed E-state index contributed by atoms with van der Waals surface area (Å²) in [6.45, 7) is 4.77. The number of amides is 1. The minimum Gasteiger partial charge on any atom is -0.444 e. The van der Waals surface area contributed by atoms with E-state index in [1.165, 1.54) is 43.9 Å². The van der Waals surface area contributed by atoms with Gasteiger partial charge in [0.25, 0.3) is 17.4 Å². The van der Waals surface area contributed by atoms with E-state index in [9.17, 15) is 36.2 Å². The molecule has 5 rings (SSSR count). The molecule has 2 aliphatic heterocycles. The maximum atomic E-state index is 14.4. The number of hydrogen-bond acceptors (Lipinski definition) is 9. The summed E-state index contributed by atoms with van der Waals surface area (Å²) in [7, 11) is 0.